The van der Waals surface area contributed by atoms with E-state index in [1.165, 1.54) is 18.4 Å². The van der Waals surface area contributed by atoms with Crippen LogP contribution in [0.5, 0.6) is 5.75 Å². The van der Waals surface area contributed by atoms with Gasteiger partial charge >= 0.3 is 6.09 Å². The quantitative estimate of drug-likeness (QED) is 0.687. The van der Waals surface area contributed by atoms with E-state index in [0.29, 0.717) is 41.8 Å². The van der Waals surface area contributed by atoms with Crippen LogP contribution in [0.2, 0.25) is 0 Å². The topological polar surface area (TPSA) is 98.6 Å². The van der Waals surface area contributed by atoms with Crippen LogP contribution in [-0.4, -0.2) is 52.4 Å². The lowest BCUT2D eigenvalue weighted by atomic mass is 10.1. The van der Waals surface area contributed by atoms with Crippen LogP contribution in [0, 0.1) is 0 Å². The SMILES string of the molecule is COC(=O)Nc1nc2c(s1)CN(C(=O)c1cc(-c3ccccc3OC)nn1C)CC2. The molecular weight excluding hydrogens is 406 g/mol. The van der Waals surface area contributed by atoms with E-state index in [4.69, 9.17) is 4.74 Å². The molecule has 1 aromatic carbocycles. The molecule has 0 unspecified atom stereocenters. The molecule has 0 saturated carbocycles. The molecule has 10 heteroatoms. The van der Waals surface area contributed by atoms with Crippen LogP contribution >= 0.6 is 11.3 Å². The smallest absolute Gasteiger partial charge is 0.413 e. The molecule has 1 aliphatic rings. The number of hydrogen-bond donors (Lipinski definition) is 1. The van der Waals surface area contributed by atoms with Gasteiger partial charge in [-0.1, -0.05) is 23.5 Å². The molecule has 3 heterocycles. The van der Waals surface area contributed by atoms with Gasteiger partial charge in [0.25, 0.3) is 5.91 Å². The molecule has 0 aliphatic carbocycles. The van der Waals surface area contributed by atoms with Crippen molar-refractivity contribution in [2.75, 3.05) is 26.1 Å². The Hall–Kier alpha value is -3.40. The van der Waals surface area contributed by atoms with Crippen molar-refractivity contribution in [3.8, 4) is 17.0 Å². The van der Waals surface area contributed by atoms with Crippen molar-refractivity contribution in [1.29, 1.82) is 0 Å². The third-order valence-electron chi connectivity index (χ3n) is 4.89. The van der Waals surface area contributed by atoms with Crippen LogP contribution in [0.25, 0.3) is 11.3 Å². The number of carbonyl (C=O) groups is 2. The molecule has 2 amide bonds. The molecule has 3 aromatic rings. The molecule has 0 saturated heterocycles. The molecule has 4 rings (SSSR count). The third kappa shape index (κ3) is 3.73. The van der Waals surface area contributed by atoms with Gasteiger partial charge in [-0.2, -0.15) is 5.10 Å². The second-order valence-electron chi connectivity index (χ2n) is 6.72. The lowest BCUT2D eigenvalue weighted by Crippen LogP contribution is -2.36. The van der Waals surface area contributed by atoms with Crippen molar-refractivity contribution in [3.05, 3.63) is 46.6 Å². The second-order valence-corrected chi connectivity index (χ2v) is 7.80. The van der Waals surface area contributed by atoms with E-state index >= 15 is 0 Å². The van der Waals surface area contributed by atoms with Crippen LogP contribution in [-0.2, 0) is 24.8 Å². The Morgan fingerprint density at radius 2 is 2.03 bits per heavy atom. The van der Waals surface area contributed by atoms with Gasteiger partial charge in [0.05, 0.1) is 32.2 Å². The summed E-state index contributed by atoms with van der Waals surface area (Å²) in [6.45, 7) is 0.978. The predicted octanol–water partition coefficient (Wildman–Crippen LogP) is 2.93. The molecule has 0 radical (unpaired) electrons. The number of fused-ring (bicyclic) bond motifs is 1. The van der Waals surface area contributed by atoms with E-state index in [-0.39, 0.29) is 5.91 Å². The van der Waals surface area contributed by atoms with E-state index < -0.39 is 6.09 Å². The Kier molecular flexibility index (Phi) is 5.40. The summed E-state index contributed by atoms with van der Waals surface area (Å²) in [5.41, 5.74) is 2.90. The molecule has 1 aliphatic heterocycles. The predicted molar refractivity (Wildman–Crippen MR) is 112 cm³/mol. The first kappa shape index (κ1) is 19.9. The maximum Gasteiger partial charge on any atom is 0.413 e. The lowest BCUT2D eigenvalue weighted by molar-refractivity contribution is 0.0725. The van der Waals surface area contributed by atoms with Gasteiger partial charge in [-0.3, -0.25) is 14.8 Å². The van der Waals surface area contributed by atoms with Crippen molar-refractivity contribution in [2.24, 2.45) is 7.05 Å². The van der Waals surface area contributed by atoms with Crippen LogP contribution in [0.4, 0.5) is 9.93 Å². The fraction of sp³-hybridized carbons (Fsp3) is 0.300. The van der Waals surface area contributed by atoms with Gasteiger partial charge in [-0.05, 0) is 18.2 Å². The number of methoxy groups -OCH3 is 2. The maximum atomic E-state index is 13.2. The summed E-state index contributed by atoms with van der Waals surface area (Å²) in [6, 6.07) is 9.36. The number of hydrogen-bond acceptors (Lipinski definition) is 7. The summed E-state index contributed by atoms with van der Waals surface area (Å²) >= 11 is 1.35. The molecule has 0 atom stereocenters. The highest BCUT2D eigenvalue weighted by Crippen LogP contribution is 2.31. The minimum absolute atomic E-state index is 0.104. The zero-order valence-corrected chi connectivity index (χ0v) is 17.7. The number of aryl methyl sites for hydroxylation is 1. The van der Waals surface area contributed by atoms with Crippen molar-refractivity contribution < 1.29 is 19.1 Å². The zero-order chi connectivity index (χ0) is 21.3. The van der Waals surface area contributed by atoms with Gasteiger partial charge < -0.3 is 14.4 Å². The van der Waals surface area contributed by atoms with E-state index in [1.807, 2.05) is 24.3 Å². The number of anilines is 1. The Bertz CT molecular complexity index is 1110. The molecule has 156 valence electrons. The third-order valence-corrected chi connectivity index (χ3v) is 5.89. The highest BCUT2D eigenvalue weighted by Gasteiger charge is 2.27. The van der Waals surface area contributed by atoms with E-state index in [1.54, 1.807) is 29.8 Å². The number of ether oxygens (including phenoxy) is 2. The number of nitrogens with zero attached hydrogens (tertiary/aromatic N) is 4. The summed E-state index contributed by atoms with van der Waals surface area (Å²) < 4.78 is 11.6. The molecule has 0 fully saturated rings. The average molecular weight is 427 g/mol. The van der Waals surface area contributed by atoms with Gasteiger partial charge in [0.1, 0.15) is 11.4 Å². The van der Waals surface area contributed by atoms with Crippen molar-refractivity contribution in [3.63, 3.8) is 0 Å². The number of amides is 2. The lowest BCUT2D eigenvalue weighted by Gasteiger charge is -2.25. The standard InChI is InChI=1S/C20H21N5O4S/c1-24-15(10-14(23-24)12-6-4-5-7-16(12)28-2)18(26)25-9-8-13-17(11-25)30-19(21-13)22-20(27)29-3/h4-7,10H,8-9,11H2,1-3H3,(H,21,22,27). The number of rotatable bonds is 4. The van der Waals surface area contributed by atoms with E-state index in [9.17, 15) is 9.59 Å². The van der Waals surface area contributed by atoms with Crippen LogP contribution in [0.15, 0.2) is 30.3 Å². The highest BCUT2D eigenvalue weighted by atomic mass is 32.1. The molecule has 30 heavy (non-hydrogen) atoms. The summed E-state index contributed by atoms with van der Waals surface area (Å²) in [5, 5.41) is 7.57. The van der Waals surface area contributed by atoms with E-state index in [0.717, 1.165) is 16.1 Å². The molecule has 0 spiro atoms. The van der Waals surface area contributed by atoms with Crippen molar-refractivity contribution in [1.82, 2.24) is 19.7 Å². The summed E-state index contributed by atoms with van der Waals surface area (Å²) in [7, 11) is 4.67. The number of para-hydroxylation sites is 1. The monoisotopic (exact) mass is 427 g/mol. The zero-order valence-electron chi connectivity index (χ0n) is 16.8. The van der Waals surface area contributed by atoms with Crippen LogP contribution in [0.1, 0.15) is 21.1 Å². The van der Waals surface area contributed by atoms with Gasteiger partial charge in [0.2, 0.25) is 0 Å². The summed E-state index contributed by atoms with van der Waals surface area (Å²) in [6.07, 6.45) is 0.0604. The average Bonchev–Trinajstić information content (AvgIpc) is 3.35. The number of thiazole rings is 1. The highest BCUT2D eigenvalue weighted by molar-refractivity contribution is 7.15. The fourth-order valence-corrected chi connectivity index (χ4v) is 4.39. The Balaban J connectivity index is 1.55. The first-order valence-corrected chi connectivity index (χ1v) is 10.1. The number of nitrogens with one attached hydrogen (secondary N) is 1. The minimum Gasteiger partial charge on any atom is -0.496 e. The number of aromatic nitrogens is 3. The molecule has 1 N–H and O–H groups in total. The second kappa shape index (κ2) is 8.15. The molecule has 2 aromatic heterocycles. The first-order chi connectivity index (χ1) is 14.5. The Morgan fingerprint density at radius 1 is 1.23 bits per heavy atom. The van der Waals surface area contributed by atoms with Gasteiger partial charge in [-0.25, -0.2) is 9.78 Å². The molecule has 0 bridgehead atoms. The number of carbonyl (C=O) groups excluding carboxylic acids is 2. The van der Waals surface area contributed by atoms with Crippen molar-refractivity contribution in [2.45, 2.75) is 13.0 Å². The Morgan fingerprint density at radius 3 is 2.80 bits per heavy atom. The van der Waals surface area contributed by atoms with Crippen molar-refractivity contribution >= 4 is 28.5 Å². The number of benzene rings is 1. The maximum absolute atomic E-state index is 13.2. The van der Waals surface area contributed by atoms with Gasteiger partial charge in [0.15, 0.2) is 5.13 Å². The first-order valence-electron chi connectivity index (χ1n) is 9.30. The molecular formula is C20H21N5O4S. The fourth-order valence-electron chi connectivity index (χ4n) is 3.38. The van der Waals surface area contributed by atoms with Gasteiger partial charge in [0, 0.05) is 30.5 Å². The summed E-state index contributed by atoms with van der Waals surface area (Å²) in [4.78, 5) is 31.7. The largest absolute Gasteiger partial charge is 0.496 e. The van der Waals surface area contributed by atoms with Gasteiger partial charge in [-0.15, -0.1) is 0 Å². The summed E-state index contributed by atoms with van der Waals surface area (Å²) in [5.74, 6) is 0.597. The van der Waals surface area contributed by atoms with E-state index in [2.05, 4.69) is 20.1 Å². The normalized spacial score (nSPS) is 13.0. The Labute approximate surface area is 177 Å². The molecule has 9 nitrogen and oxygen atoms in total. The van der Waals surface area contributed by atoms with Crippen LogP contribution < -0.4 is 10.1 Å². The minimum atomic E-state index is -0.562. The van der Waals surface area contributed by atoms with Crippen LogP contribution in [0.3, 0.4) is 0 Å².